The molecule has 17 heavy (non-hydrogen) atoms. The number of aromatic nitrogens is 1. The highest BCUT2D eigenvalue weighted by molar-refractivity contribution is 7.89. The number of sulfonamides is 1. The van der Waals surface area contributed by atoms with E-state index in [0.717, 1.165) is 12.3 Å². The highest BCUT2D eigenvalue weighted by Crippen LogP contribution is 2.29. The zero-order valence-electron chi connectivity index (χ0n) is 9.50. The minimum Gasteiger partial charge on any atom is -0.477 e. The molecule has 0 amide bonds. The summed E-state index contributed by atoms with van der Waals surface area (Å²) in [5.74, 6) is 0.825. The number of pyridine rings is 1. The topological polar surface area (TPSA) is 82.3 Å². The molecule has 1 fully saturated rings. The van der Waals surface area contributed by atoms with Crippen LogP contribution < -0.4 is 9.88 Å². The summed E-state index contributed by atoms with van der Waals surface area (Å²) in [6.07, 6.45) is 6.21. The van der Waals surface area contributed by atoms with E-state index in [1.165, 1.54) is 37.6 Å². The number of ether oxygens (including phenoxy) is 1. The van der Waals surface area contributed by atoms with Crippen LogP contribution in [0.15, 0.2) is 23.2 Å². The van der Waals surface area contributed by atoms with Crippen molar-refractivity contribution in [3.63, 3.8) is 0 Å². The average Bonchev–Trinajstić information content (AvgIpc) is 2.21. The van der Waals surface area contributed by atoms with Gasteiger partial charge < -0.3 is 4.74 Å². The predicted molar refractivity (Wildman–Crippen MR) is 63.1 cm³/mol. The van der Waals surface area contributed by atoms with Gasteiger partial charge in [-0.2, -0.15) is 0 Å². The van der Waals surface area contributed by atoms with Crippen molar-refractivity contribution in [1.29, 1.82) is 0 Å². The Morgan fingerprint density at radius 3 is 2.82 bits per heavy atom. The third kappa shape index (κ3) is 3.17. The van der Waals surface area contributed by atoms with E-state index >= 15 is 0 Å². The van der Waals surface area contributed by atoms with Crippen LogP contribution in [0.5, 0.6) is 5.88 Å². The molecule has 2 N–H and O–H groups in total. The Morgan fingerprint density at radius 2 is 2.24 bits per heavy atom. The standard InChI is InChI=1S/C11H16N2O3S/c12-17(14,15)10-5-2-7-13-11(10)16-8-6-9-3-1-4-9/h2,5,7,9H,1,3-4,6,8H2,(H2,12,14,15). The van der Waals surface area contributed by atoms with E-state index in [4.69, 9.17) is 9.88 Å². The lowest BCUT2D eigenvalue weighted by Gasteiger charge is -2.24. The van der Waals surface area contributed by atoms with E-state index < -0.39 is 10.0 Å². The maximum Gasteiger partial charge on any atom is 0.243 e. The van der Waals surface area contributed by atoms with Gasteiger partial charge in [0.2, 0.25) is 15.9 Å². The lowest BCUT2D eigenvalue weighted by Crippen LogP contribution is -2.17. The molecule has 6 heteroatoms. The number of hydrogen-bond acceptors (Lipinski definition) is 4. The van der Waals surface area contributed by atoms with Crippen LogP contribution in [0, 0.1) is 5.92 Å². The van der Waals surface area contributed by atoms with E-state index in [0.29, 0.717) is 6.61 Å². The SMILES string of the molecule is NS(=O)(=O)c1cccnc1OCCC1CCC1. The lowest BCUT2D eigenvalue weighted by atomic mass is 9.83. The monoisotopic (exact) mass is 256 g/mol. The zero-order valence-corrected chi connectivity index (χ0v) is 10.3. The van der Waals surface area contributed by atoms with Gasteiger partial charge in [-0.1, -0.05) is 19.3 Å². The molecule has 1 aliphatic carbocycles. The Hall–Kier alpha value is -1.14. The Morgan fingerprint density at radius 1 is 1.47 bits per heavy atom. The van der Waals surface area contributed by atoms with Gasteiger partial charge in [0.1, 0.15) is 4.90 Å². The molecule has 0 unspecified atom stereocenters. The van der Waals surface area contributed by atoms with E-state index in [-0.39, 0.29) is 10.8 Å². The van der Waals surface area contributed by atoms with Crippen LogP contribution in [0.25, 0.3) is 0 Å². The van der Waals surface area contributed by atoms with Gasteiger partial charge >= 0.3 is 0 Å². The molecule has 5 nitrogen and oxygen atoms in total. The third-order valence-electron chi connectivity index (χ3n) is 3.03. The van der Waals surface area contributed by atoms with Gasteiger partial charge in [0.05, 0.1) is 6.61 Å². The molecule has 0 radical (unpaired) electrons. The molecule has 1 heterocycles. The normalized spacial score (nSPS) is 16.5. The molecule has 94 valence electrons. The largest absolute Gasteiger partial charge is 0.477 e. The van der Waals surface area contributed by atoms with Crippen LogP contribution >= 0.6 is 0 Å². The van der Waals surface area contributed by atoms with Crippen molar-refractivity contribution in [3.8, 4) is 5.88 Å². The van der Waals surface area contributed by atoms with Crippen molar-refractivity contribution in [2.45, 2.75) is 30.6 Å². The van der Waals surface area contributed by atoms with Gasteiger partial charge in [0.25, 0.3) is 0 Å². The minimum atomic E-state index is -3.76. The highest BCUT2D eigenvalue weighted by atomic mass is 32.2. The van der Waals surface area contributed by atoms with E-state index in [1.807, 2.05) is 0 Å². The summed E-state index contributed by atoms with van der Waals surface area (Å²) in [4.78, 5) is 3.86. The Labute approximate surface area is 101 Å². The molecule has 1 aromatic rings. The molecule has 1 aliphatic rings. The summed E-state index contributed by atoms with van der Waals surface area (Å²) in [5.41, 5.74) is 0. The van der Waals surface area contributed by atoms with Gasteiger partial charge in [-0.3, -0.25) is 0 Å². The Bertz CT molecular complexity index is 483. The molecular weight excluding hydrogens is 240 g/mol. The first-order valence-corrected chi connectivity index (χ1v) is 7.22. The molecule has 0 spiro atoms. The van der Waals surface area contributed by atoms with Crippen LogP contribution in [0.1, 0.15) is 25.7 Å². The molecule has 0 aliphatic heterocycles. The summed E-state index contributed by atoms with van der Waals surface area (Å²) in [7, 11) is -3.76. The maximum absolute atomic E-state index is 11.3. The maximum atomic E-state index is 11.3. The first kappa shape index (κ1) is 12.3. The van der Waals surface area contributed by atoms with Gasteiger partial charge in [-0.05, 0) is 24.5 Å². The fraction of sp³-hybridized carbons (Fsp3) is 0.545. The molecule has 1 aromatic heterocycles. The fourth-order valence-corrected chi connectivity index (χ4v) is 2.43. The molecule has 0 saturated heterocycles. The van der Waals surface area contributed by atoms with Crippen molar-refractivity contribution in [2.24, 2.45) is 11.1 Å². The van der Waals surface area contributed by atoms with Crippen LogP contribution in [0.4, 0.5) is 0 Å². The van der Waals surface area contributed by atoms with E-state index in [2.05, 4.69) is 4.98 Å². The van der Waals surface area contributed by atoms with Crippen molar-refractivity contribution < 1.29 is 13.2 Å². The molecule has 0 atom stereocenters. The third-order valence-corrected chi connectivity index (χ3v) is 3.96. The summed E-state index contributed by atoms with van der Waals surface area (Å²) in [6.45, 7) is 0.490. The van der Waals surface area contributed by atoms with Gasteiger partial charge in [0.15, 0.2) is 0 Å². The first-order valence-electron chi connectivity index (χ1n) is 5.68. The molecule has 0 bridgehead atoms. The second-order valence-electron chi connectivity index (χ2n) is 4.29. The van der Waals surface area contributed by atoms with E-state index in [1.54, 1.807) is 0 Å². The Balaban J connectivity index is 1.99. The number of hydrogen-bond donors (Lipinski definition) is 1. The van der Waals surface area contributed by atoms with Crippen molar-refractivity contribution >= 4 is 10.0 Å². The van der Waals surface area contributed by atoms with Gasteiger partial charge in [0, 0.05) is 6.20 Å². The number of nitrogens with two attached hydrogens (primary N) is 1. The number of primary sulfonamides is 1. The van der Waals surface area contributed by atoms with Crippen molar-refractivity contribution in [1.82, 2.24) is 4.98 Å². The summed E-state index contributed by atoms with van der Waals surface area (Å²) in [5, 5.41) is 5.08. The Kier molecular flexibility index (Phi) is 3.63. The second-order valence-corrected chi connectivity index (χ2v) is 5.82. The molecule has 2 rings (SSSR count). The molecule has 1 saturated carbocycles. The smallest absolute Gasteiger partial charge is 0.243 e. The minimum absolute atomic E-state index is 0.0476. The fourth-order valence-electron chi connectivity index (χ4n) is 1.80. The number of rotatable bonds is 5. The van der Waals surface area contributed by atoms with Gasteiger partial charge in [-0.25, -0.2) is 18.5 Å². The van der Waals surface area contributed by atoms with Crippen LogP contribution in [-0.2, 0) is 10.0 Å². The van der Waals surface area contributed by atoms with Crippen molar-refractivity contribution in [2.75, 3.05) is 6.61 Å². The molecule has 0 aromatic carbocycles. The molecular formula is C11H16N2O3S. The first-order chi connectivity index (χ1) is 8.07. The zero-order chi connectivity index (χ0) is 12.3. The predicted octanol–water partition coefficient (Wildman–Crippen LogP) is 1.30. The summed E-state index contributed by atoms with van der Waals surface area (Å²) >= 11 is 0. The lowest BCUT2D eigenvalue weighted by molar-refractivity contribution is 0.214. The summed E-state index contributed by atoms with van der Waals surface area (Å²) < 4.78 is 28.0. The van der Waals surface area contributed by atoms with Crippen molar-refractivity contribution in [3.05, 3.63) is 18.3 Å². The summed E-state index contributed by atoms with van der Waals surface area (Å²) in [6, 6.07) is 2.93. The second kappa shape index (κ2) is 5.01. The van der Waals surface area contributed by atoms with Gasteiger partial charge in [-0.15, -0.1) is 0 Å². The highest BCUT2D eigenvalue weighted by Gasteiger charge is 2.19. The number of nitrogens with zero attached hydrogens (tertiary/aromatic N) is 1. The van der Waals surface area contributed by atoms with Crippen LogP contribution in [-0.4, -0.2) is 20.0 Å². The van der Waals surface area contributed by atoms with Crippen LogP contribution in [0.2, 0.25) is 0 Å². The quantitative estimate of drug-likeness (QED) is 0.860. The van der Waals surface area contributed by atoms with Crippen LogP contribution in [0.3, 0.4) is 0 Å². The average molecular weight is 256 g/mol. The van der Waals surface area contributed by atoms with E-state index in [9.17, 15) is 8.42 Å².